The van der Waals surface area contributed by atoms with Gasteiger partial charge in [0.1, 0.15) is 11.7 Å². The molecule has 10 nitrogen and oxygen atoms in total. The van der Waals surface area contributed by atoms with Gasteiger partial charge in [-0.3, -0.25) is 9.59 Å². The first-order chi connectivity index (χ1) is 16.4. The number of aromatic nitrogens is 3. The van der Waals surface area contributed by atoms with Crippen LogP contribution in [0.2, 0.25) is 0 Å². The first-order valence-electron chi connectivity index (χ1n) is 11.4. The number of ether oxygens (including phenoxy) is 1. The third-order valence-electron chi connectivity index (χ3n) is 6.86. The van der Waals surface area contributed by atoms with Gasteiger partial charge in [-0.1, -0.05) is 17.3 Å². The lowest BCUT2D eigenvalue weighted by molar-refractivity contribution is -0.147. The van der Waals surface area contributed by atoms with E-state index in [0.29, 0.717) is 50.2 Å². The smallest absolute Gasteiger partial charge is 0.328 e. The van der Waals surface area contributed by atoms with Crippen LogP contribution in [-0.4, -0.2) is 74.9 Å². The largest absolute Gasteiger partial charge is 0.464 e. The van der Waals surface area contributed by atoms with Gasteiger partial charge in [-0.2, -0.15) is 5.26 Å². The molecule has 2 saturated heterocycles. The van der Waals surface area contributed by atoms with E-state index < -0.39 is 12.0 Å². The summed E-state index contributed by atoms with van der Waals surface area (Å²) in [6.45, 7) is 3.49. The lowest BCUT2D eigenvalue weighted by Gasteiger charge is -2.39. The molecule has 1 atom stereocenters. The quantitative estimate of drug-likeness (QED) is 0.616. The number of rotatable bonds is 5. The van der Waals surface area contributed by atoms with Crippen LogP contribution in [0.25, 0.3) is 0 Å². The minimum Gasteiger partial charge on any atom is -0.464 e. The molecule has 1 unspecified atom stereocenters. The summed E-state index contributed by atoms with van der Waals surface area (Å²) in [5.41, 5.74) is 1.49. The molecular weight excluding hydrogens is 436 g/mol. The van der Waals surface area contributed by atoms with E-state index in [2.05, 4.69) is 16.4 Å². The molecule has 0 aliphatic carbocycles. The van der Waals surface area contributed by atoms with E-state index in [1.165, 1.54) is 10.9 Å². The third-order valence-corrected chi connectivity index (χ3v) is 6.86. The van der Waals surface area contributed by atoms with Gasteiger partial charge in [0.25, 0.3) is 11.8 Å². The number of carbonyl (C=O) groups excluding carboxylic acids is 3. The van der Waals surface area contributed by atoms with E-state index in [9.17, 15) is 14.4 Å². The van der Waals surface area contributed by atoms with Crippen LogP contribution in [0.5, 0.6) is 0 Å². The van der Waals surface area contributed by atoms with Crippen LogP contribution < -0.4 is 0 Å². The average Bonchev–Trinajstić information content (AvgIpc) is 3.43. The molecule has 0 N–H and O–H groups in total. The van der Waals surface area contributed by atoms with E-state index >= 15 is 0 Å². The number of esters is 1. The molecule has 2 aliphatic heterocycles. The van der Waals surface area contributed by atoms with Gasteiger partial charge in [0.2, 0.25) is 0 Å². The van der Waals surface area contributed by atoms with E-state index in [0.717, 1.165) is 5.56 Å². The molecular formula is C24H28N6O4. The Morgan fingerprint density at radius 3 is 2.47 bits per heavy atom. The van der Waals surface area contributed by atoms with Crippen molar-refractivity contribution in [2.24, 2.45) is 12.5 Å². The van der Waals surface area contributed by atoms with Crippen LogP contribution in [-0.2, 0) is 23.0 Å². The van der Waals surface area contributed by atoms with Gasteiger partial charge in [-0.25, -0.2) is 9.48 Å². The number of nitrogens with zero attached hydrogens (tertiary/aromatic N) is 6. The standard InChI is InChI=1S/C24H28N6O4/c1-3-34-23(33)19-14-24(9-12-29(13-10-24)22(32)20-15-26-27-28(20)2)16-30(19)21(31)18-6-4-17(5-7-18)8-11-25/h4-7,15,19H,3,8-10,12-14,16H2,1-2H3. The van der Waals surface area contributed by atoms with Gasteiger partial charge in [-0.15, -0.1) is 5.10 Å². The van der Waals surface area contributed by atoms with Crippen molar-refractivity contribution >= 4 is 17.8 Å². The highest BCUT2D eigenvalue weighted by Gasteiger charge is 2.50. The summed E-state index contributed by atoms with van der Waals surface area (Å²) in [6, 6.07) is 8.36. The van der Waals surface area contributed by atoms with Gasteiger partial charge in [0.05, 0.1) is 25.3 Å². The van der Waals surface area contributed by atoms with Crippen LogP contribution >= 0.6 is 0 Å². The Labute approximate surface area is 198 Å². The summed E-state index contributed by atoms with van der Waals surface area (Å²) in [4.78, 5) is 42.4. The lowest BCUT2D eigenvalue weighted by atomic mass is 9.76. The molecule has 34 heavy (non-hydrogen) atoms. The molecule has 2 aliphatic rings. The molecule has 1 aromatic carbocycles. The summed E-state index contributed by atoms with van der Waals surface area (Å²) < 4.78 is 6.76. The van der Waals surface area contributed by atoms with Crippen molar-refractivity contribution in [3.8, 4) is 6.07 Å². The maximum Gasteiger partial charge on any atom is 0.328 e. The zero-order valence-corrected chi connectivity index (χ0v) is 19.4. The van der Waals surface area contributed by atoms with E-state index in [4.69, 9.17) is 10.00 Å². The summed E-state index contributed by atoms with van der Waals surface area (Å²) in [5.74, 6) is -0.737. The van der Waals surface area contributed by atoms with Crippen LogP contribution in [0, 0.1) is 16.7 Å². The van der Waals surface area contributed by atoms with E-state index in [1.807, 2.05) is 0 Å². The Hall–Kier alpha value is -3.74. The molecule has 3 heterocycles. The Balaban J connectivity index is 1.50. The number of likely N-dealkylation sites (tertiary alicyclic amines) is 2. The van der Waals surface area contributed by atoms with E-state index in [1.54, 1.807) is 48.0 Å². The third kappa shape index (κ3) is 4.51. The van der Waals surface area contributed by atoms with Gasteiger partial charge >= 0.3 is 5.97 Å². The summed E-state index contributed by atoms with van der Waals surface area (Å²) in [5, 5.41) is 16.5. The number of aryl methyl sites for hydroxylation is 1. The predicted molar refractivity (Wildman–Crippen MR) is 120 cm³/mol. The second-order valence-corrected chi connectivity index (χ2v) is 8.97. The van der Waals surface area contributed by atoms with Gasteiger partial charge in [0, 0.05) is 32.2 Å². The molecule has 4 rings (SSSR count). The van der Waals surface area contributed by atoms with Crippen LogP contribution in [0.15, 0.2) is 30.5 Å². The number of piperidine rings is 1. The number of hydrogen-bond donors (Lipinski definition) is 0. The molecule has 0 saturated carbocycles. The van der Waals surface area contributed by atoms with Crippen molar-refractivity contribution in [2.75, 3.05) is 26.2 Å². The van der Waals surface area contributed by atoms with Crippen LogP contribution in [0.4, 0.5) is 0 Å². The molecule has 0 radical (unpaired) electrons. The second kappa shape index (κ2) is 9.63. The first-order valence-corrected chi connectivity index (χ1v) is 11.4. The van der Waals surface area contributed by atoms with Gasteiger partial charge < -0.3 is 14.5 Å². The fourth-order valence-corrected chi connectivity index (χ4v) is 4.93. The number of carbonyl (C=O) groups is 3. The molecule has 10 heteroatoms. The number of benzene rings is 1. The highest BCUT2D eigenvalue weighted by atomic mass is 16.5. The maximum atomic E-state index is 13.4. The predicted octanol–water partition coefficient (Wildman–Crippen LogP) is 1.58. The van der Waals surface area contributed by atoms with Crippen molar-refractivity contribution < 1.29 is 19.1 Å². The molecule has 2 aromatic rings. The van der Waals surface area contributed by atoms with E-state index in [-0.39, 0.29) is 30.3 Å². The molecule has 1 aromatic heterocycles. The monoisotopic (exact) mass is 464 g/mol. The topological polar surface area (TPSA) is 121 Å². The summed E-state index contributed by atoms with van der Waals surface area (Å²) in [6.07, 6.45) is 3.62. The van der Waals surface area contributed by atoms with Crippen LogP contribution in [0.3, 0.4) is 0 Å². The molecule has 0 bridgehead atoms. The molecule has 2 fully saturated rings. The SMILES string of the molecule is CCOC(=O)C1CC2(CCN(C(=O)c3cnnn3C)CC2)CN1C(=O)c1ccc(CC#N)cc1. The summed E-state index contributed by atoms with van der Waals surface area (Å²) in [7, 11) is 1.68. The highest BCUT2D eigenvalue weighted by molar-refractivity contribution is 5.97. The lowest BCUT2D eigenvalue weighted by Crippen LogP contribution is -2.45. The molecule has 1 spiro atoms. The second-order valence-electron chi connectivity index (χ2n) is 8.97. The number of amides is 2. The normalized spacial score (nSPS) is 19.1. The number of hydrogen-bond acceptors (Lipinski definition) is 7. The Morgan fingerprint density at radius 2 is 1.88 bits per heavy atom. The molecule has 178 valence electrons. The van der Waals surface area contributed by atoms with Crippen LogP contribution in [0.1, 0.15) is 52.6 Å². The minimum absolute atomic E-state index is 0.118. The first kappa shape index (κ1) is 23.4. The zero-order chi connectivity index (χ0) is 24.3. The highest BCUT2D eigenvalue weighted by Crippen LogP contribution is 2.44. The van der Waals surface area contributed by atoms with Crippen molar-refractivity contribution in [3.05, 3.63) is 47.3 Å². The zero-order valence-electron chi connectivity index (χ0n) is 19.4. The Kier molecular flexibility index (Phi) is 6.63. The van der Waals surface area contributed by atoms with Gasteiger partial charge in [-0.05, 0) is 49.3 Å². The van der Waals surface area contributed by atoms with Crippen molar-refractivity contribution in [3.63, 3.8) is 0 Å². The van der Waals surface area contributed by atoms with Crippen molar-refractivity contribution in [1.82, 2.24) is 24.8 Å². The summed E-state index contributed by atoms with van der Waals surface area (Å²) >= 11 is 0. The Bertz CT molecular complexity index is 1110. The number of nitriles is 1. The fraction of sp³-hybridized carbons (Fsp3) is 0.500. The minimum atomic E-state index is -0.658. The van der Waals surface area contributed by atoms with Gasteiger partial charge in [0.15, 0.2) is 0 Å². The fourth-order valence-electron chi connectivity index (χ4n) is 4.93. The van der Waals surface area contributed by atoms with Crippen molar-refractivity contribution in [1.29, 1.82) is 5.26 Å². The van der Waals surface area contributed by atoms with Crippen molar-refractivity contribution in [2.45, 2.75) is 38.6 Å². The molecule has 2 amide bonds. The Morgan fingerprint density at radius 1 is 1.18 bits per heavy atom. The maximum absolute atomic E-state index is 13.4. The average molecular weight is 465 g/mol.